The van der Waals surface area contributed by atoms with Crippen LogP contribution in [0, 0.1) is 0 Å². The molecular formula is C14H19ClN4OS. The van der Waals surface area contributed by atoms with Crippen LogP contribution < -0.4 is 11.1 Å². The minimum Gasteiger partial charge on any atom is -0.350 e. The fourth-order valence-electron chi connectivity index (χ4n) is 1.64. The molecule has 0 aliphatic rings. The first-order chi connectivity index (χ1) is 9.65. The molecule has 1 aromatic carbocycles. The maximum Gasteiger partial charge on any atom is 0.220 e. The Hall–Kier alpha value is -1.50. The number of nitrogens with zero attached hydrogens (tertiary/aromatic N) is 2. The normalized spacial score (nSPS) is 11.5. The van der Waals surface area contributed by atoms with Crippen LogP contribution in [0.1, 0.15) is 24.8 Å². The minimum absolute atomic E-state index is 0. The Balaban J connectivity index is 0.00000220. The number of nitrogens with two attached hydrogens (primary N) is 1. The number of nitrogens with one attached hydrogen (secondary N) is 1. The minimum atomic E-state index is -0.00115. The van der Waals surface area contributed by atoms with Crippen molar-refractivity contribution in [2.75, 3.05) is 0 Å². The molecule has 0 aliphatic heterocycles. The van der Waals surface area contributed by atoms with E-state index in [1.807, 2.05) is 37.3 Å². The van der Waals surface area contributed by atoms with Gasteiger partial charge in [-0.25, -0.2) is 0 Å². The van der Waals surface area contributed by atoms with Gasteiger partial charge >= 0.3 is 0 Å². The summed E-state index contributed by atoms with van der Waals surface area (Å²) in [6.07, 6.45) is 1.14. The number of aromatic nitrogens is 2. The summed E-state index contributed by atoms with van der Waals surface area (Å²) in [4.78, 5) is 11.6. The van der Waals surface area contributed by atoms with Gasteiger partial charge in [-0.1, -0.05) is 41.7 Å². The third-order valence-electron chi connectivity index (χ3n) is 2.75. The molecule has 21 heavy (non-hydrogen) atoms. The number of halogens is 1. The standard InChI is InChI=1S/C14H18N4OS.ClH/c1-10(15)7-8-12(19)16-9-13-17-18-14(20-13)11-5-3-2-4-6-11;/h2-6,10H,7-9,15H2,1H3,(H,16,19);1H. The van der Waals surface area contributed by atoms with Gasteiger partial charge in [-0.3, -0.25) is 4.79 Å². The van der Waals surface area contributed by atoms with E-state index in [0.29, 0.717) is 19.4 Å². The van der Waals surface area contributed by atoms with Crippen LogP contribution in [0.4, 0.5) is 0 Å². The topological polar surface area (TPSA) is 80.9 Å². The maximum absolute atomic E-state index is 11.6. The Labute approximate surface area is 134 Å². The molecule has 0 spiro atoms. The zero-order valence-electron chi connectivity index (χ0n) is 11.8. The smallest absolute Gasteiger partial charge is 0.220 e. The molecule has 0 bridgehead atoms. The number of hydrogen-bond donors (Lipinski definition) is 2. The highest BCUT2D eigenvalue weighted by Crippen LogP contribution is 2.22. The molecule has 0 aliphatic carbocycles. The molecule has 2 rings (SSSR count). The second-order valence-electron chi connectivity index (χ2n) is 4.66. The largest absolute Gasteiger partial charge is 0.350 e. The molecule has 2 aromatic rings. The summed E-state index contributed by atoms with van der Waals surface area (Å²) in [5, 5.41) is 12.7. The first-order valence-electron chi connectivity index (χ1n) is 6.55. The predicted molar refractivity (Wildman–Crippen MR) is 87.3 cm³/mol. The van der Waals surface area contributed by atoms with Gasteiger partial charge in [0.2, 0.25) is 5.91 Å². The molecule has 3 N–H and O–H groups in total. The van der Waals surface area contributed by atoms with Gasteiger partial charge in [0.25, 0.3) is 0 Å². The Bertz CT molecular complexity index is 559. The van der Waals surface area contributed by atoms with Crippen LogP contribution in [0.25, 0.3) is 10.6 Å². The monoisotopic (exact) mass is 326 g/mol. The van der Waals surface area contributed by atoms with E-state index in [1.165, 1.54) is 11.3 Å². The number of rotatable bonds is 6. The Kier molecular flexibility index (Phi) is 7.28. The number of benzene rings is 1. The summed E-state index contributed by atoms with van der Waals surface area (Å²) in [6.45, 7) is 2.31. The van der Waals surface area contributed by atoms with E-state index in [0.717, 1.165) is 15.6 Å². The third-order valence-corrected chi connectivity index (χ3v) is 3.72. The molecule has 1 aromatic heterocycles. The maximum atomic E-state index is 11.6. The number of carbonyl (C=O) groups excluding carboxylic acids is 1. The quantitative estimate of drug-likeness (QED) is 0.854. The van der Waals surface area contributed by atoms with E-state index in [2.05, 4.69) is 15.5 Å². The molecule has 114 valence electrons. The lowest BCUT2D eigenvalue weighted by atomic mass is 10.2. The van der Waals surface area contributed by atoms with E-state index in [4.69, 9.17) is 5.73 Å². The highest BCUT2D eigenvalue weighted by atomic mass is 35.5. The van der Waals surface area contributed by atoms with E-state index in [-0.39, 0.29) is 24.4 Å². The molecule has 0 radical (unpaired) electrons. The van der Waals surface area contributed by atoms with Crippen LogP contribution in [0.5, 0.6) is 0 Å². The van der Waals surface area contributed by atoms with Crippen molar-refractivity contribution in [2.24, 2.45) is 5.73 Å². The Morgan fingerprint density at radius 1 is 1.33 bits per heavy atom. The fraction of sp³-hybridized carbons (Fsp3) is 0.357. The first-order valence-corrected chi connectivity index (χ1v) is 7.37. The van der Waals surface area contributed by atoms with Crippen LogP contribution >= 0.6 is 23.7 Å². The van der Waals surface area contributed by atoms with Gasteiger partial charge < -0.3 is 11.1 Å². The van der Waals surface area contributed by atoms with E-state index in [9.17, 15) is 4.79 Å². The highest BCUT2D eigenvalue weighted by Gasteiger charge is 2.08. The summed E-state index contributed by atoms with van der Waals surface area (Å²) >= 11 is 1.49. The first kappa shape index (κ1) is 17.6. The van der Waals surface area contributed by atoms with Crippen LogP contribution in [-0.4, -0.2) is 22.1 Å². The van der Waals surface area contributed by atoms with Crippen molar-refractivity contribution in [3.05, 3.63) is 35.3 Å². The molecule has 1 unspecified atom stereocenters. The number of carbonyl (C=O) groups is 1. The van der Waals surface area contributed by atoms with Crippen molar-refractivity contribution in [1.82, 2.24) is 15.5 Å². The molecular weight excluding hydrogens is 308 g/mol. The van der Waals surface area contributed by atoms with Gasteiger partial charge in [-0.15, -0.1) is 22.6 Å². The van der Waals surface area contributed by atoms with Gasteiger partial charge in [0.05, 0.1) is 6.54 Å². The summed E-state index contributed by atoms with van der Waals surface area (Å²) in [5.41, 5.74) is 6.66. The van der Waals surface area contributed by atoms with Gasteiger partial charge in [0.15, 0.2) is 0 Å². The summed E-state index contributed by atoms with van der Waals surface area (Å²) in [7, 11) is 0. The van der Waals surface area contributed by atoms with E-state index >= 15 is 0 Å². The second-order valence-corrected chi connectivity index (χ2v) is 5.72. The van der Waals surface area contributed by atoms with Crippen LogP contribution in [-0.2, 0) is 11.3 Å². The van der Waals surface area contributed by atoms with E-state index < -0.39 is 0 Å². The molecule has 1 atom stereocenters. The van der Waals surface area contributed by atoms with Crippen molar-refractivity contribution in [3.63, 3.8) is 0 Å². The molecule has 1 amide bonds. The summed E-state index contributed by atoms with van der Waals surface area (Å²) in [6, 6.07) is 9.92. The predicted octanol–water partition coefficient (Wildman–Crippen LogP) is 2.37. The van der Waals surface area contributed by atoms with Gasteiger partial charge in [0.1, 0.15) is 10.0 Å². The van der Waals surface area contributed by atoms with Crippen molar-refractivity contribution >= 4 is 29.7 Å². The molecule has 0 saturated heterocycles. The highest BCUT2D eigenvalue weighted by molar-refractivity contribution is 7.14. The van der Waals surface area contributed by atoms with Crippen LogP contribution in [0.2, 0.25) is 0 Å². The van der Waals surface area contributed by atoms with Gasteiger partial charge in [-0.2, -0.15) is 0 Å². The van der Waals surface area contributed by atoms with Gasteiger partial charge in [0, 0.05) is 18.0 Å². The van der Waals surface area contributed by atoms with E-state index in [1.54, 1.807) is 0 Å². The molecule has 0 saturated carbocycles. The Morgan fingerprint density at radius 2 is 2.05 bits per heavy atom. The van der Waals surface area contributed by atoms with Crippen molar-refractivity contribution in [2.45, 2.75) is 32.4 Å². The molecule has 0 fully saturated rings. The number of amides is 1. The fourth-order valence-corrected chi connectivity index (χ4v) is 2.43. The van der Waals surface area contributed by atoms with Crippen molar-refractivity contribution in [1.29, 1.82) is 0 Å². The average molecular weight is 327 g/mol. The van der Waals surface area contributed by atoms with Crippen LogP contribution in [0.3, 0.4) is 0 Å². The lowest BCUT2D eigenvalue weighted by Gasteiger charge is -2.04. The van der Waals surface area contributed by atoms with Crippen molar-refractivity contribution in [3.8, 4) is 10.6 Å². The number of hydrogen-bond acceptors (Lipinski definition) is 5. The average Bonchev–Trinajstić information content (AvgIpc) is 2.93. The van der Waals surface area contributed by atoms with Crippen LogP contribution in [0.15, 0.2) is 30.3 Å². The molecule has 5 nitrogen and oxygen atoms in total. The summed E-state index contributed by atoms with van der Waals surface area (Å²) < 4.78 is 0. The third kappa shape index (κ3) is 5.79. The lowest BCUT2D eigenvalue weighted by Crippen LogP contribution is -2.25. The molecule has 7 heteroatoms. The molecule has 1 heterocycles. The zero-order valence-corrected chi connectivity index (χ0v) is 13.4. The second kappa shape index (κ2) is 8.71. The lowest BCUT2D eigenvalue weighted by molar-refractivity contribution is -0.121. The van der Waals surface area contributed by atoms with Crippen molar-refractivity contribution < 1.29 is 4.79 Å². The SMILES string of the molecule is CC(N)CCC(=O)NCc1nnc(-c2ccccc2)s1.Cl. The van der Waals surface area contributed by atoms with Gasteiger partial charge in [-0.05, 0) is 13.3 Å². The summed E-state index contributed by atoms with van der Waals surface area (Å²) in [5.74, 6) is -0.00115. The zero-order chi connectivity index (χ0) is 14.4. The Morgan fingerprint density at radius 3 is 2.71 bits per heavy atom.